The summed E-state index contributed by atoms with van der Waals surface area (Å²) >= 11 is 3.40. The van der Waals surface area contributed by atoms with Gasteiger partial charge in [-0.25, -0.2) is 8.42 Å². The molecule has 1 aliphatic heterocycles. The largest absolute Gasteiger partial charge is 0.306 e. The molecule has 0 aliphatic carbocycles. The third kappa shape index (κ3) is 4.10. The average molecular weight is 451 g/mol. The van der Waals surface area contributed by atoms with Gasteiger partial charge in [0, 0.05) is 17.9 Å². The van der Waals surface area contributed by atoms with E-state index in [2.05, 4.69) is 21.2 Å². The van der Waals surface area contributed by atoms with E-state index >= 15 is 0 Å². The summed E-state index contributed by atoms with van der Waals surface area (Å²) in [5.74, 6) is 0. The number of nitrogens with one attached hydrogen (secondary N) is 1. The minimum atomic E-state index is -3.64. The predicted molar refractivity (Wildman–Crippen MR) is 111 cm³/mol. The molecule has 2 aromatic rings. The van der Waals surface area contributed by atoms with Crippen LogP contribution >= 0.6 is 15.9 Å². The molecule has 0 aromatic heterocycles. The number of carbonyl (C=O) groups excluding carboxylic acids is 1. The Balaban J connectivity index is 1.99. The number of benzene rings is 2. The summed E-state index contributed by atoms with van der Waals surface area (Å²) in [6.07, 6.45) is 4.31. The zero-order valence-corrected chi connectivity index (χ0v) is 17.6. The highest BCUT2D eigenvalue weighted by Gasteiger charge is 2.34. The highest BCUT2D eigenvalue weighted by atomic mass is 79.9. The van der Waals surface area contributed by atoms with Crippen molar-refractivity contribution in [2.24, 2.45) is 0 Å². The second-order valence-electron chi connectivity index (χ2n) is 6.62. The SMILES string of the molecule is CN1c2ccccc2C(NCCCCCC=O)c2ccc(Br)cc2S1(=O)=O. The summed E-state index contributed by atoms with van der Waals surface area (Å²) < 4.78 is 28.4. The van der Waals surface area contributed by atoms with Crippen molar-refractivity contribution in [3.8, 4) is 0 Å². The van der Waals surface area contributed by atoms with Crippen LogP contribution in [0, 0.1) is 0 Å². The van der Waals surface area contributed by atoms with E-state index in [1.54, 1.807) is 13.1 Å². The summed E-state index contributed by atoms with van der Waals surface area (Å²) in [7, 11) is -2.05. The lowest BCUT2D eigenvalue weighted by Gasteiger charge is -2.22. The van der Waals surface area contributed by atoms with Crippen LogP contribution < -0.4 is 9.62 Å². The third-order valence-corrected chi connectivity index (χ3v) is 7.18. The van der Waals surface area contributed by atoms with Gasteiger partial charge < -0.3 is 10.1 Å². The molecule has 7 heteroatoms. The van der Waals surface area contributed by atoms with Crippen LogP contribution in [0.3, 0.4) is 0 Å². The van der Waals surface area contributed by atoms with E-state index < -0.39 is 10.0 Å². The van der Waals surface area contributed by atoms with Crippen molar-refractivity contribution >= 4 is 37.9 Å². The fraction of sp³-hybridized carbons (Fsp3) is 0.350. The van der Waals surface area contributed by atoms with Gasteiger partial charge in [0.05, 0.1) is 16.6 Å². The molecule has 0 saturated carbocycles. The molecule has 0 radical (unpaired) electrons. The summed E-state index contributed by atoms with van der Waals surface area (Å²) in [6, 6.07) is 12.8. The molecule has 2 aromatic carbocycles. The Bertz CT molecular complexity index is 931. The van der Waals surface area contributed by atoms with Gasteiger partial charge in [0.25, 0.3) is 10.0 Å². The molecule has 1 heterocycles. The zero-order chi connectivity index (χ0) is 19.4. The number of halogens is 1. The molecule has 1 atom stereocenters. The summed E-state index contributed by atoms with van der Waals surface area (Å²) in [4.78, 5) is 10.7. The maximum absolute atomic E-state index is 13.2. The Kier molecular flexibility index (Phi) is 6.34. The molecule has 1 N–H and O–H groups in total. The van der Waals surface area contributed by atoms with Gasteiger partial charge in [-0.15, -0.1) is 0 Å². The van der Waals surface area contributed by atoms with Crippen LogP contribution in [-0.2, 0) is 14.8 Å². The van der Waals surface area contributed by atoms with Crippen LogP contribution in [0.2, 0.25) is 0 Å². The van der Waals surface area contributed by atoms with Gasteiger partial charge in [0.15, 0.2) is 0 Å². The number of sulfonamides is 1. The molecular formula is C20H23BrN2O3S. The number of aldehydes is 1. The van der Waals surface area contributed by atoms with Crippen molar-refractivity contribution in [3.63, 3.8) is 0 Å². The van der Waals surface area contributed by atoms with Gasteiger partial charge in [-0.1, -0.05) is 46.6 Å². The fourth-order valence-corrected chi connectivity index (χ4v) is 5.42. The number of carbonyl (C=O) groups is 1. The lowest BCUT2D eigenvalue weighted by molar-refractivity contribution is -0.107. The van der Waals surface area contributed by atoms with E-state index in [0.717, 1.165) is 47.7 Å². The number of fused-ring (bicyclic) bond motifs is 2. The van der Waals surface area contributed by atoms with E-state index in [4.69, 9.17) is 0 Å². The Hall–Kier alpha value is -1.70. The smallest absolute Gasteiger partial charge is 0.264 e. The van der Waals surface area contributed by atoms with Gasteiger partial charge in [-0.2, -0.15) is 0 Å². The highest BCUT2D eigenvalue weighted by Crippen LogP contribution is 2.40. The molecule has 0 fully saturated rings. The average Bonchev–Trinajstić information content (AvgIpc) is 2.73. The van der Waals surface area contributed by atoms with E-state index in [9.17, 15) is 13.2 Å². The van der Waals surface area contributed by atoms with Gasteiger partial charge in [-0.3, -0.25) is 4.31 Å². The van der Waals surface area contributed by atoms with Gasteiger partial charge >= 0.3 is 0 Å². The Morgan fingerprint density at radius 1 is 1.11 bits per heavy atom. The Labute approximate surface area is 169 Å². The van der Waals surface area contributed by atoms with Gasteiger partial charge in [0.2, 0.25) is 0 Å². The second kappa shape index (κ2) is 8.54. The Morgan fingerprint density at radius 3 is 2.67 bits per heavy atom. The van der Waals surface area contributed by atoms with Crippen molar-refractivity contribution in [1.82, 2.24) is 5.32 Å². The van der Waals surface area contributed by atoms with E-state index in [0.29, 0.717) is 17.0 Å². The molecule has 27 heavy (non-hydrogen) atoms. The van der Waals surface area contributed by atoms with Crippen molar-refractivity contribution in [2.75, 3.05) is 17.9 Å². The monoisotopic (exact) mass is 450 g/mol. The first-order valence-corrected chi connectivity index (χ1v) is 11.2. The quantitative estimate of drug-likeness (QED) is 0.510. The number of nitrogens with zero attached hydrogens (tertiary/aromatic N) is 1. The predicted octanol–water partition coefficient (Wildman–Crippen LogP) is 4.03. The van der Waals surface area contributed by atoms with Crippen molar-refractivity contribution < 1.29 is 13.2 Å². The van der Waals surface area contributed by atoms with E-state index in [-0.39, 0.29) is 6.04 Å². The molecule has 1 aliphatic rings. The number of rotatable bonds is 7. The van der Waals surface area contributed by atoms with Crippen molar-refractivity contribution in [3.05, 3.63) is 58.1 Å². The third-order valence-electron chi connectivity index (χ3n) is 4.86. The fourth-order valence-electron chi connectivity index (χ4n) is 3.43. The molecule has 5 nitrogen and oxygen atoms in total. The van der Waals surface area contributed by atoms with Crippen LogP contribution in [0.5, 0.6) is 0 Å². The van der Waals surface area contributed by atoms with Gasteiger partial charge in [-0.05, 0) is 48.7 Å². The highest BCUT2D eigenvalue weighted by molar-refractivity contribution is 9.10. The van der Waals surface area contributed by atoms with E-state index in [1.807, 2.05) is 36.4 Å². The minimum Gasteiger partial charge on any atom is -0.306 e. The van der Waals surface area contributed by atoms with Crippen molar-refractivity contribution in [2.45, 2.75) is 36.6 Å². The number of unbranched alkanes of at least 4 members (excludes halogenated alkanes) is 3. The summed E-state index contributed by atoms with van der Waals surface area (Å²) in [5, 5.41) is 3.53. The lowest BCUT2D eigenvalue weighted by Crippen LogP contribution is -2.26. The molecule has 0 amide bonds. The molecular weight excluding hydrogens is 428 g/mol. The molecule has 3 rings (SSSR count). The lowest BCUT2D eigenvalue weighted by atomic mass is 9.96. The number of para-hydroxylation sites is 1. The summed E-state index contributed by atoms with van der Waals surface area (Å²) in [6.45, 7) is 0.747. The van der Waals surface area contributed by atoms with Crippen LogP contribution in [0.4, 0.5) is 5.69 Å². The molecule has 0 saturated heterocycles. The number of anilines is 1. The standard InChI is InChI=1S/C20H23BrN2O3S/c1-23-18-9-5-4-8-16(18)20(22-12-6-2-3-7-13-24)17-11-10-15(21)14-19(17)27(23,25)26/h4-5,8-11,13-14,20,22H,2-3,6-7,12H2,1H3. The minimum absolute atomic E-state index is 0.213. The first kappa shape index (κ1) is 20.0. The molecule has 1 unspecified atom stereocenters. The maximum atomic E-state index is 13.2. The number of hydrogen-bond donors (Lipinski definition) is 1. The molecule has 0 spiro atoms. The van der Waals surface area contributed by atoms with E-state index in [1.165, 1.54) is 4.31 Å². The van der Waals surface area contributed by atoms with Crippen molar-refractivity contribution in [1.29, 1.82) is 0 Å². The van der Waals surface area contributed by atoms with Gasteiger partial charge in [0.1, 0.15) is 6.29 Å². The Morgan fingerprint density at radius 2 is 1.89 bits per heavy atom. The normalized spacial score (nSPS) is 17.7. The van der Waals surface area contributed by atoms with Crippen LogP contribution in [0.25, 0.3) is 0 Å². The maximum Gasteiger partial charge on any atom is 0.264 e. The number of hydrogen-bond acceptors (Lipinski definition) is 4. The molecule has 144 valence electrons. The topological polar surface area (TPSA) is 66.5 Å². The van der Waals surface area contributed by atoms with Crippen LogP contribution in [-0.4, -0.2) is 28.3 Å². The first-order chi connectivity index (χ1) is 13.0. The summed E-state index contributed by atoms with van der Waals surface area (Å²) in [5.41, 5.74) is 2.38. The first-order valence-electron chi connectivity index (χ1n) is 9.01. The zero-order valence-electron chi connectivity index (χ0n) is 15.2. The van der Waals surface area contributed by atoms with Crippen LogP contribution in [0.15, 0.2) is 51.8 Å². The second-order valence-corrected chi connectivity index (χ2v) is 9.47. The molecule has 0 bridgehead atoms. The van der Waals surface area contributed by atoms with Crippen LogP contribution in [0.1, 0.15) is 42.9 Å².